The zero-order valence-corrected chi connectivity index (χ0v) is 9.92. The standard InChI is InChI=1S/C11H12FN3O3/c1-4-14-15(13-2)7-5-6-8(18-3)10(12)9(7)11(16)17/h4-6H,2H2,1,3H3,(H,16,17)/b14-4-. The molecule has 0 heterocycles. The summed E-state index contributed by atoms with van der Waals surface area (Å²) in [6.45, 7) is 4.85. The van der Waals surface area contributed by atoms with Crippen LogP contribution in [0.2, 0.25) is 0 Å². The summed E-state index contributed by atoms with van der Waals surface area (Å²) < 4.78 is 18.6. The van der Waals surface area contributed by atoms with Gasteiger partial charge in [-0.1, -0.05) is 0 Å². The Labute approximate surface area is 103 Å². The fourth-order valence-corrected chi connectivity index (χ4v) is 1.36. The largest absolute Gasteiger partial charge is 0.494 e. The van der Waals surface area contributed by atoms with Crippen molar-refractivity contribution in [2.45, 2.75) is 6.92 Å². The number of aromatic carboxylic acids is 1. The minimum Gasteiger partial charge on any atom is -0.494 e. The molecule has 0 aliphatic rings. The van der Waals surface area contributed by atoms with E-state index in [1.807, 2.05) is 0 Å². The predicted molar refractivity (Wildman–Crippen MR) is 66.1 cm³/mol. The van der Waals surface area contributed by atoms with Crippen LogP contribution in [0, 0.1) is 5.82 Å². The molecule has 0 aromatic heterocycles. The third kappa shape index (κ3) is 2.45. The van der Waals surface area contributed by atoms with Crippen LogP contribution in [0.4, 0.5) is 10.1 Å². The van der Waals surface area contributed by atoms with Crippen LogP contribution in [0.25, 0.3) is 0 Å². The average molecular weight is 253 g/mol. The molecular weight excluding hydrogens is 241 g/mol. The van der Waals surface area contributed by atoms with Gasteiger partial charge in [0.1, 0.15) is 11.3 Å². The van der Waals surface area contributed by atoms with Gasteiger partial charge in [0.15, 0.2) is 11.6 Å². The number of hydrogen-bond donors (Lipinski definition) is 1. The van der Waals surface area contributed by atoms with Crippen LogP contribution >= 0.6 is 0 Å². The van der Waals surface area contributed by atoms with E-state index in [1.165, 1.54) is 25.5 Å². The predicted octanol–water partition coefficient (Wildman–Crippen LogP) is 1.96. The van der Waals surface area contributed by atoms with Crippen molar-refractivity contribution in [3.63, 3.8) is 0 Å². The van der Waals surface area contributed by atoms with Crippen LogP contribution in [-0.4, -0.2) is 31.1 Å². The Morgan fingerprint density at radius 3 is 2.72 bits per heavy atom. The fourth-order valence-electron chi connectivity index (χ4n) is 1.36. The highest BCUT2D eigenvalue weighted by Gasteiger charge is 2.23. The Balaban J connectivity index is 3.48. The van der Waals surface area contributed by atoms with E-state index in [-0.39, 0.29) is 11.4 Å². The molecule has 0 radical (unpaired) electrons. The second kappa shape index (κ2) is 5.76. The number of benzene rings is 1. The molecule has 1 N–H and O–H groups in total. The topological polar surface area (TPSA) is 74.5 Å². The van der Waals surface area contributed by atoms with Gasteiger partial charge < -0.3 is 9.84 Å². The minimum atomic E-state index is -1.44. The first kappa shape index (κ1) is 13.6. The quantitative estimate of drug-likeness (QED) is 0.643. The average Bonchev–Trinajstić information content (AvgIpc) is 2.35. The van der Waals surface area contributed by atoms with E-state index in [0.29, 0.717) is 0 Å². The summed E-state index contributed by atoms with van der Waals surface area (Å²) >= 11 is 0. The lowest BCUT2D eigenvalue weighted by Gasteiger charge is -2.16. The summed E-state index contributed by atoms with van der Waals surface area (Å²) in [6.07, 6.45) is 1.38. The molecule has 0 saturated heterocycles. The third-order valence-corrected chi connectivity index (χ3v) is 2.09. The normalized spacial score (nSPS) is 10.4. The third-order valence-electron chi connectivity index (χ3n) is 2.09. The van der Waals surface area contributed by atoms with Gasteiger partial charge in [-0.3, -0.25) is 0 Å². The van der Waals surface area contributed by atoms with Crippen LogP contribution in [0.1, 0.15) is 17.3 Å². The van der Waals surface area contributed by atoms with Crippen LogP contribution < -0.4 is 9.85 Å². The van der Waals surface area contributed by atoms with Crippen molar-refractivity contribution in [1.82, 2.24) is 0 Å². The zero-order valence-electron chi connectivity index (χ0n) is 9.92. The highest BCUT2D eigenvalue weighted by molar-refractivity contribution is 5.95. The van der Waals surface area contributed by atoms with E-state index < -0.39 is 17.3 Å². The van der Waals surface area contributed by atoms with Crippen molar-refractivity contribution in [3.8, 4) is 5.75 Å². The summed E-state index contributed by atoms with van der Waals surface area (Å²) in [5.74, 6) is -2.59. The SMILES string of the molecule is C=NN(/N=C\C)c1ccc(OC)c(F)c1C(=O)O. The van der Waals surface area contributed by atoms with Gasteiger partial charge in [-0.05, 0) is 19.1 Å². The van der Waals surface area contributed by atoms with Crippen LogP contribution in [0.15, 0.2) is 22.3 Å². The lowest BCUT2D eigenvalue weighted by Crippen LogP contribution is -2.14. The number of carboxylic acid groups (broad SMARTS) is 1. The number of rotatable bonds is 5. The van der Waals surface area contributed by atoms with Gasteiger partial charge in [-0.15, -0.1) is 0 Å². The number of ether oxygens (including phenoxy) is 1. The van der Waals surface area contributed by atoms with Crippen molar-refractivity contribution in [1.29, 1.82) is 0 Å². The molecule has 0 spiro atoms. The van der Waals surface area contributed by atoms with Crippen LogP contribution in [0.3, 0.4) is 0 Å². The number of hydrogen-bond acceptors (Lipinski definition) is 5. The second-order valence-corrected chi connectivity index (χ2v) is 3.09. The van der Waals surface area contributed by atoms with Gasteiger partial charge in [0.05, 0.1) is 7.11 Å². The molecule has 1 aromatic rings. The highest BCUT2D eigenvalue weighted by Crippen LogP contribution is 2.30. The van der Waals surface area contributed by atoms with E-state index in [9.17, 15) is 9.18 Å². The lowest BCUT2D eigenvalue weighted by atomic mass is 10.1. The Bertz CT molecular complexity index is 503. The Morgan fingerprint density at radius 1 is 1.61 bits per heavy atom. The molecule has 18 heavy (non-hydrogen) atoms. The fraction of sp³-hybridized carbons (Fsp3) is 0.182. The smallest absolute Gasteiger partial charge is 0.341 e. The maximum Gasteiger partial charge on any atom is 0.341 e. The van der Waals surface area contributed by atoms with Crippen LogP contribution in [0.5, 0.6) is 5.75 Å². The summed E-state index contributed by atoms with van der Waals surface area (Å²) in [7, 11) is 1.25. The molecule has 0 atom stereocenters. The van der Waals surface area contributed by atoms with E-state index >= 15 is 0 Å². The Morgan fingerprint density at radius 2 is 2.28 bits per heavy atom. The van der Waals surface area contributed by atoms with Crippen LogP contribution in [-0.2, 0) is 0 Å². The van der Waals surface area contributed by atoms with Gasteiger partial charge in [0.25, 0.3) is 0 Å². The summed E-state index contributed by atoms with van der Waals surface area (Å²) in [6, 6.07) is 2.63. The summed E-state index contributed by atoms with van der Waals surface area (Å²) in [4.78, 5) is 11.1. The second-order valence-electron chi connectivity index (χ2n) is 3.09. The number of nitrogens with zero attached hydrogens (tertiary/aromatic N) is 3. The number of methoxy groups -OCH3 is 1. The van der Waals surface area contributed by atoms with Gasteiger partial charge in [-0.2, -0.15) is 15.3 Å². The molecule has 0 saturated carbocycles. The number of halogens is 1. The minimum absolute atomic E-state index is 0.0334. The molecule has 1 aromatic carbocycles. The molecular formula is C11H12FN3O3. The molecule has 96 valence electrons. The van der Waals surface area contributed by atoms with Crippen molar-refractivity contribution in [2.24, 2.45) is 10.2 Å². The first-order chi connectivity index (χ1) is 8.56. The molecule has 0 unspecified atom stereocenters. The highest BCUT2D eigenvalue weighted by atomic mass is 19.1. The van der Waals surface area contributed by atoms with Gasteiger partial charge >= 0.3 is 5.97 Å². The molecule has 0 amide bonds. The lowest BCUT2D eigenvalue weighted by molar-refractivity contribution is 0.0691. The number of hydrazone groups is 2. The molecule has 0 fully saturated rings. The van der Waals surface area contributed by atoms with Crippen molar-refractivity contribution in [2.75, 3.05) is 12.2 Å². The first-order valence-electron chi connectivity index (χ1n) is 4.92. The maximum atomic E-state index is 13.9. The van der Waals surface area contributed by atoms with Crippen molar-refractivity contribution in [3.05, 3.63) is 23.5 Å². The Kier molecular flexibility index (Phi) is 4.36. The molecule has 0 aliphatic carbocycles. The summed E-state index contributed by atoms with van der Waals surface area (Å²) in [5, 5.41) is 17.2. The number of carboxylic acids is 1. The monoisotopic (exact) mass is 253 g/mol. The zero-order chi connectivity index (χ0) is 13.7. The van der Waals surface area contributed by atoms with Gasteiger partial charge in [-0.25, -0.2) is 9.18 Å². The van der Waals surface area contributed by atoms with Crippen molar-refractivity contribution >= 4 is 24.6 Å². The molecule has 1 rings (SSSR count). The van der Waals surface area contributed by atoms with E-state index in [0.717, 1.165) is 5.12 Å². The molecule has 0 bridgehead atoms. The molecule has 0 aliphatic heterocycles. The first-order valence-corrected chi connectivity index (χ1v) is 4.92. The maximum absolute atomic E-state index is 13.9. The number of carbonyl (C=O) groups is 1. The van der Waals surface area contributed by atoms with Gasteiger partial charge in [0.2, 0.25) is 0 Å². The molecule has 7 heteroatoms. The summed E-state index contributed by atoms with van der Waals surface area (Å²) in [5.41, 5.74) is -0.610. The molecule has 6 nitrogen and oxygen atoms in total. The van der Waals surface area contributed by atoms with Crippen molar-refractivity contribution < 1.29 is 19.0 Å². The van der Waals surface area contributed by atoms with E-state index in [2.05, 4.69) is 16.9 Å². The van der Waals surface area contributed by atoms with Gasteiger partial charge in [0, 0.05) is 12.9 Å². The Hall–Kier alpha value is -2.44. The number of anilines is 1. The van der Waals surface area contributed by atoms with E-state index in [4.69, 9.17) is 9.84 Å². The van der Waals surface area contributed by atoms with E-state index in [1.54, 1.807) is 6.92 Å².